The summed E-state index contributed by atoms with van der Waals surface area (Å²) in [5.41, 5.74) is 0.726. The van der Waals surface area contributed by atoms with E-state index in [1.807, 2.05) is 6.92 Å². The van der Waals surface area contributed by atoms with Gasteiger partial charge in [0.25, 0.3) is 6.43 Å². The lowest BCUT2D eigenvalue weighted by Gasteiger charge is -2.35. The van der Waals surface area contributed by atoms with Gasteiger partial charge in [-0.05, 0) is 44.8 Å². The van der Waals surface area contributed by atoms with Crippen LogP contribution in [0.5, 0.6) is 0 Å². The molecule has 1 aromatic carbocycles. The van der Waals surface area contributed by atoms with E-state index >= 15 is 0 Å². The van der Waals surface area contributed by atoms with Gasteiger partial charge < -0.3 is 10.2 Å². The number of hydrogen-bond donors (Lipinski definition) is 1. The van der Waals surface area contributed by atoms with Crippen LogP contribution >= 0.6 is 0 Å². The molecule has 5 heteroatoms. The highest BCUT2D eigenvalue weighted by atomic mass is 19.3. The predicted molar refractivity (Wildman–Crippen MR) is 81.0 cm³/mol. The Labute approximate surface area is 129 Å². The maximum Gasteiger partial charge on any atom is 0.263 e. The number of rotatable bonds is 6. The van der Waals surface area contributed by atoms with Crippen molar-refractivity contribution < 1.29 is 13.6 Å². The molecule has 1 unspecified atom stereocenters. The lowest BCUT2D eigenvalue weighted by molar-refractivity contribution is -0.123. The number of nitrogens with one attached hydrogen (secondary N) is 1. The molecule has 1 aliphatic heterocycles. The number of nitrogens with zero attached hydrogens (tertiary/aromatic N) is 1. The molecule has 3 nitrogen and oxygen atoms in total. The largest absolute Gasteiger partial charge is 0.349 e. The highest BCUT2D eigenvalue weighted by Gasteiger charge is 2.46. The standard InChI is InChI=1S/C17H22F2N2O/c1-12(13-3-5-14(6-4-13)15(18)19)16(22)20-17(7-8-17)11-21-9-2-10-21/h3-6,12,15H,2,7-11H2,1H3,(H,20,22). The number of alkyl halides is 2. The molecule has 0 spiro atoms. The van der Waals surface area contributed by atoms with Crippen LogP contribution < -0.4 is 5.32 Å². The topological polar surface area (TPSA) is 32.3 Å². The first-order valence-electron chi connectivity index (χ1n) is 7.91. The molecule has 1 amide bonds. The van der Waals surface area contributed by atoms with Gasteiger partial charge in [0.15, 0.2) is 0 Å². The molecule has 0 radical (unpaired) electrons. The third kappa shape index (κ3) is 3.29. The Bertz CT molecular complexity index is 536. The molecule has 1 saturated heterocycles. The number of hydrogen-bond acceptors (Lipinski definition) is 2. The summed E-state index contributed by atoms with van der Waals surface area (Å²) in [4.78, 5) is 14.8. The highest BCUT2D eigenvalue weighted by molar-refractivity contribution is 5.84. The Morgan fingerprint density at radius 2 is 1.82 bits per heavy atom. The van der Waals surface area contributed by atoms with Gasteiger partial charge in [-0.25, -0.2) is 8.78 Å². The van der Waals surface area contributed by atoms with Crippen LogP contribution in [0.4, 0.5) is 8.78 Å². The second-order valence-electron chi connectivity index (χ2n) is 6.59. The highest BCUT2D eigenvalue weighted by Crippen LogP contribution is 2.38. The van der Waals surface area contributed by atoms with Gasteiger partial charge >= 0.3 is 0 Å². The Balaban J connectivity index is 1.59. The van der Waals surface area contributed by atoms with Gasteiger partial charge in [-0.3, -0.25) is 4.79 Å². The van der Waals surface area contributed by atoms with Crippen molar-refractivity contribution in [2.75, 3.05) is 19.6 Å². The van der Waals surface area contributed by atoms with Crippen LogP contribution in [0.25, 0.3) is 0 Å². The van der Waals surface area contributed by atoms with Gasteiger partial charge in [-0.15, -0.1) is 0 Å². The van der Waals surface area contributed by atoms with E-state index in [2.05, 4.69) is 10.2 Å². The minimum Gasteiger partial charge on any atom is -0.349 e. The minimum absolute atomic E-state index is 0.00666. The molecule has 1 aromatic rings. The van der Waals surface area contributed by atoms with Gasteiger partial charge in [-0.1, -0.05) is 24.3 Å². The van der Waals surface area contributed by atoms with E-state index in [1.54, 1.807) is 12.1 Å². The number of carbonyl (C=O) groups excluding carboxylic acids is 1. The first-order chi connectivity index (χ1) is 10.5. The average molecular weight is 308 g/mol. The van der Waals surface area contributed by atoms with Gasteiger partial charge in [0.1, 0.15) is 0 Å². The Kier molecular flexibility index (Phi) is 4.17. The van der Waals surface area contributed by atoms with Crippen molar-refractivity contribution in [2.24, 2.45) is 0 Å². The molecule has 1 N–H and O–H groups in total. The lowest BCUT2D eigenvalue weighted by Crippen LogP contribution is -2.50. The van der Waals surface area contributed by atoms with Crippen molar-refractivity contribution in [1.82, 2.24) is 10.2 Å². The average Bonchev–Trinajstić information content (AvgIpc) is 3.22. The van der Waals surface area contributed by atoms with Crippen LogP contribution in [0.3, 0.4) is 0 Å². The molecular formula is C17H22F2N2O. The van der Waals surface area contributed by atoms with Crippen molar-refractivity contribution >= 4 is 5.91 Å². The molecule has 22 heavy (non-hydrogen) atoms. The summed E-state index contributed by atoms with van der Waals surface area (Å²) in [7, 11) is 0. The number of carbonyl (C=O) groups is 1. The summed E-state index contributed by atoms with van der Waals surface area (Å²) in [5.74, 6) is -0.330. The van der Waals surface area contributed by atoms with Crippen molar-refractivity contribution in [3.8, 4) is 0 Å². The molecular weight excluding hydrogens is 286 g/mol. The van der Waals surface area contributed by atoms with Gasteiger partial charge in [0.2, 0.25) is 5.91 Å². The number of benzene rings is 1. The molecule has 1 heterocycles. The SMILES string of the molecule is CC(C(=O)NC1(CN2CCC2)CC1)c1ccc(C(F)F)cc1. The van der Waals surface area contributed by atoms with Crippen LogP contribution in [0, 0.1) is 0 Å². The monoisotopic (exact) mass is 308 g/mol. The van der Waals surface area contributed by atoms with E-state index in [4.69, 9.17) is 0 Å². The van der Waals surface area contributed by atoms with E-state index in [9.17, 15) is 13.6 Å². The molecule has 0 aromatic heterocycles. The summed E-state index contributed by atoms with van der Waals surface area (Å²) in [5, 5.41) is 3.17. The third-order valence-electron chi connectivity index (χ3n) is 4.80. The van der Waals surface area contributed by atoms with Crippen molar-refractivity contribution in [3.63, 3.8) is 0 Å². The molecule has 120 valence electrons. The van der Waals surface area contributed by atoms with Crippen molar-refractivity contribution in [3.05, 3.63) is 35.4 Å². The van der Waals surface area contributed by atoms with Gasteiger partial charge in [0, 0.05) is 12.1 Å². The van der Waals surface area contributed by atoms with E-state index in [1.165, 1.54) is 18.6 Å². The molecule has 2 fully saturated rings. The van der Waals surface area contributed by atoms with Gasteiger partial charge in [-0.2, -0.15) is 0 Å². The summed E-state index contributed by atoms with van der Waals surface area (Å²) < 4.78 is 25.1. The zero-order valence-corrected chi connectivity index (χ0v) is 12.8. The van der Waals surface area contributed by atoms with Crippen LogP contribution in [-0.4, -0.2) is 36.0 Å². The van der Waals surface area contributed by atoms with Gasteiger partial charge in [0.05, 0.1) is 11.5 Å². The number of amides is 1. The summed E-state index contributed by atoms with van der Waals surface area (Å²) >= 11 is 0. The Morgan fingerprint density at radius 1 is 1.23 bits per heavy atom. The zero-order chi connectivity index (χ0) is 15.7. The predicted octanol–water partition coefficient (Wildman–Crippen LogP) is 3.08. The summed E-state index contributed by atoms with van der Waals surface area (Å²) in [6.45, 7) is 5.02. The van der Waals surface area contributed by atoms with E-state index < -0.39 is 6.43 Å². The number of halogens is 2. The number of likely N-dealkylation sites (tertiary alicyclic amines) is 1. The quantitative estimate of drug-likeness (QED) is 0.876. The fourth-order valence-corrected chi connectivity index (χ4v) is 2.89. The maximum atomic E-state index is 12.6. The molecule has 1 atom stereocenters. The van der Waals surface area contributed by atoms with Crippen LogP contribution in [0.2, 0.25) is 0 Å². The minimum atomic E-state index is -2.47. The summed E-state index contributed by atoms with van der Waals surface area (Å²) in [6.07, 6.45) is 0.847. The van der Waals surface area contributed by atoms with E-state index in [0.29, 0.717) is 0 Å². The molecule has 2 aliphatic rings. The van der Waals surface area contributed by atoms with Crippen LogP contribution in [0.1, 0.15) is 49.7 Å². The zero-order valence-electron chi connectivity index (χ0n) is 12.8. The van der Waals surface area contributed by atoms with E-state index in [0.717, 1.165) is 38.0 Å². The Morgan fingerprint density at radius 3 is 2.27 bits per heavy atom. The second-order valence-corrected chi connectivity index (χ2v) is 6.59. The third-order valence-corrected chi connectivity index (χ3v) is 4.80. The normalized spacial score (nSPS) is 21.3. The molecule has 1 aliphatic carbocycles. The second kappa shape index (κ2) is 5.95. The fraction of sp³-hybridized carbons (Fsp3) is 0.588. The molecule has 0 bridgehead atoms. The smallest absolute Gasteiger partial charge is 0.263 e. The van der Waals surface area contributed by atoms with Crippen LogP contribution in [0.15, 0.2) is 24.3 Å². The van der Waals surface area contributed by atoms with Crippen molar-refractivity contribution in [2.45, 2.75) is 44.1 Å². The van der Waals surface area contributed by atoms with E-state index in [-0.39, 0.29) is 22.9 Å². The van der Waals surface area contributed by atoms with Crippen LogP contribution in [-0.2, 0) is 4.79 Å². The van der Waals surface area contributed by atoms with Crippen molar-refractivity contribution in [1.29, 1.82) is 0 Å². The first kappa shape index (κ1) is 15.4. The molecule has 3 rings (SSSR count). The lowest BCUT2D eigenvalue weighted by atomic mass is 9.98. The molecule has 1 saturated carbocycles. The first-order valence-corrected chi connectivity index (χ1v) is 7.91. The maximum absolute atomic E-state index is 12.6. The fourth-order valence-electron chi connectivity index (χ4n) is 2.89. The summed E-state index contributed by atoms with van der Waals surface area (Å²) in [6, 6.07) is 6.05. The Hall–Kier alpha value is -1.49.